The van der Waals surface area contributed by atoms with Gasteiger partial charge >= 0.3 is 0 Å². The first-order chi connectivity index (χ1) is 21.8. The zero-order valence-corrected chi connectivity index (χ0v) is 23.4. The third-order valence-electron chi connectivity index (χ3n) is 8.13. The van der Waals surface area contributed by atoms with Gasteiger partial charge in [-0.25, -0.2) is 15.0 Å². The van der Waals surface area contributed by atoms with E-state index in [0.717, 1.165) is 71.7 Å². The molecule has 0 N–H and O–H groups in total. The molecule has 0 aliphatic rings. The average Bonchev–Trinajstić information content (AvgIpc) is 3.67. The molecule has 0 aliphatic heterocycles. The van der Waals surface area contributed by atoms with Crippen molar-refractivity contribution >= 4 is 43.9 Å². The highest BCUT2D eigenvalue weighted by molar-refractivity contribution is 6.12. The van der Waals surface area contributed by atoms with Crippen LogP contribution in [0.5, 0.6) is 0 Å². The molecule has 0 saturated carbocycles. The maximum atomic E-state index is 6.43. The van der Waals surface area contributed by atoms with Gasteiger partial charge < -0.3 is 8.83 Å². The van der Waals surface area contributed by atoms with Crippen LogP contribution in [-0.2, 0) is 0 Å². The van der Waals surface area contributed by atoms with Gasteiger partial charge in [-0.3, -0.25) is 0 Å². The molecule has 5 nitrogen and oxygen atoms in total. The molecule has 0 spiro atoms. The van der Waals surface area contributed by atoms with E-state index in [2.05, 4.69) is 42.5 Å². The van der Waals surface area contributed by atoms with Crippen molar-refractivity contribution in [1.82, 2.24) is 15.0 Å². The summed E-state index contributed by atoms with van der Waals surface area (Å²) in [6.45, 7) is 0. The van der Waals surface area contributed by atoms with Gasteiger partial charge in [-0.2, -0.15) is 0 Å². The maximum Gasteiger partial charge on any atom is 0.164 e. The van der Waals surface area contributed by atoms with E-state index in [1.165, 1.54) is 0 Å². The number of benzene rings is 6. The smallest absolute Gasteiger partial charge is 0.164 e. The summed E-state index contributed by atoms with van der Waals surface area (Å²) in [5, 5.41) is 4.08. The molecule has 0 bridgehead atoms. The standard InChI is InChI=1S/C39H23N3O2/c1-3-12-24(13-4-1)30-22-26(23-31-27-16-7-9-19-32(27)44-36(30)31)38-40-37(25-14-5-2-6-15-25)41-39(42-38)29-18-11-21-34-35(29)28-17-8-10-20-33(28)43-34/h1-23H. The lowest BCUT2D eigenvalue weighted by Gasteiger charge is -2.11. The Labute approximate surface area is 252 Å². The molecular formula is C39H23N3O2. The minimum Gasteiger partial charge on any atom is -0.456 e. The van der Waals surface area contributed by atoms with Crippen LogP contribution in [0.1, 0.15) is 0 Å². The topological polar surface area (TPSA) is 65.0 Å². The second-order valence-corrected chi connectivity index (χ2v) is 10.8. The van der Waals surface area contributed by atoms with E-state index in [4.69, 9.17) is 23.8 Å². The van der Waals surface area contributed by atoms with Gasteiger partial charge in [0.15, 0.2) is 17.5 Å². The first-order valence-electron chi connectivity index (χ1n) is 14.5. The lowest BCUT2D eigenvalue weighted by Crippen LogP contribution is -2.00. The molecule has 0 unspecified atom stereocenters. The van der Waals surface area contributed by atoms with E-state index < -0.39 is 0 Å². The summed E-state index contributed by atoms with van der Waals surface area (Å²) in [7, 11) is 0. The average molecular weight is 566 g/mol. The van der Waals surface area contributed by atoms with E-state index in [-0.39, 0.29) is 0 Å². The molecule has 0 aliphatic carbocycles. The molecule has 0 atom stereocenters. The van der Waals surface area contributed by atoms with Crippen molar-refractivity contribution in [2.75, 3.05) is 0 Å². The summed E-state index contributed by atoms with van der Waals surface area (Å²) in [4.78, 5) is 15.2. The molecular weight excluding hydrogens is 542 g/mol. The van der Waals surface area contributed by atoms with Gasteiger partial charge in [0.1, 0.15) is 22.3 Å². The molecule has 9 rings (SSSR count). The van der Waals surface area contributed by atoms with Crippen molar-refractivity contribution in [3.8, 4) is 45.3 Å². The number of furan rings is 2. The summed E-state index contributed by atoms with van der Waals surface area (Å²) in [6.07, 6.45) is 0. The molecule has 5 heteroatoms. The third kappa shape index (κ3) is 3.91. The maximum absolute atomic E-state index is 6.43. The van der Waals surface area contributed by atoms with Gasteiger partial charge in [-0.1, -0.05) is 109 Å². The summed E-state index contributed by atoms with van der Waals surface area (Å²) < 4.78 is 12.6. The van der Waals surface area contributed by atoms with Crippen LogP contribution < -0.4 is 0 Å². The predicted octanol–water partition coefficient (Wildman–Crippen LogP) is 10.3. The Morgan fingerprint density at radius 2 is 0.955 bits per heavy atom. The SMILES string of the molecule is c1ccc(-c2nc(-c3cc(-c4ccccc4)c4oc5ccccc5c4c3)nc(-c3cccc4oc5ccccc5c34)n2)cc1. The lowest BCUT2D eigenvalue weighted by molar-refractivity contribution is 0.669. The molecule has 0 radical (unpaired) electrons. The summed E-state index contributed by atoms with van der Waals surface area (Å²) in [5.41, 5.74) is 8.05. The number of para-hydroxylation sites is 2. The zero-order chi connectivity index (χ0) is 29.0. The van der Waals surface area contributed by atoms with Gasteiger partial charge in [0, 0.05) is 43.8 Å². The first-order valence-corrected chi connectivity index (χ1v) is 14.5. The van der Waals surface area contributed by atoms with Crippen LogP contribution in [0.3, 0.4) is 0 Å². The van der Waals surface area contributed by atoms with Crippen molar-refractivity contribution in [2.24, 2.45) is 0 Å². The Bertz CT molecular complexity index is 2500. The van der Waals surface area contributed by atoms with Crippen molar-refractivity contribution in [1.29, 1.82) is 0 Å². The number of aromatic nitrogens is 3. The Morgan fingerprint density at radius 3 is 1.73 bits per heavy atom. The van der Waals surface area contributed by atoms with E-state index in [0.29, 0.717) is 17.5 Å². The predicted molar refractivity (Wildman–Crippen MR) is 176 cm³/mol. The highest BCUT2D eigenvalue weighted by Crippen LogP contribution is 2.40. The normalized spacial score (nSPS) is 11.6. The largest absolute Gasteiger partial charge is 0.456 e. The Hall–Kier alpha value is -6.07. The quantitative estimate of drug-likeness (QED) is 0.212. The van der Waals surface area contributed by atoms with Gasteiger partial charge in [0.25, 0.3) is 0 Å². The lowest BCUT2D eigenvalue weighted by atomic mass is 9.98. The molecule has 206 valence electrons. The molecule has 0 fully saturated rings. The van der Waals surface area contributed by atoms with Crippen LogP contribution in [0.4, 0.5) is 0 Å². The van der Waals surface area contributed by atoms with Crippen molar-refractivity contribution in [2.45, 2.75) is 0 Å². The van der Waals surface area contributed by atoms with Crippen LogP contribution in [0, 0.1) is 0 Å². The van der Waals surface area contributed by atoms with Crippen LogP contribution in [0.15, 0.2) is 148 Å². The zero-order valence-electron chi connectivity index (χ0n) is 23.4. The number of rotatable bonds is 4. The van der Waals surface area contributed by atoms with Gasteiger partial charge in [-0.05, 0) is 35.9 Å². The number of hydrogen-bond donors (Lipinski definition) is 0. The van der Waals surface area contributed by atoms with Crippen molar-refractivity contribution in [3.63, 3.8) is 0 Å². The molecule has 3 heterocycles. The van der Waals surface area contributed by atoms with E-state index in [1.54, 1.807) is 0 Å². The summed E-state index contributed by atoms with van der Waals surface area (Å²) in [5.74, 6) is 1.78. The Kier molecular flexibility index (Phi) is 5.43. The highest BCUT2D eigenvalue weighted by atomic mass is 16.3. The van der Waals surface area contributed by atoms with E-state index in [1.807, 2.05) is 97.1 Å². The van der Waals surface area contributed by atoms with E-state index in [9.17, 15) is 0 Å². The molecule has 44 heavy (non-hydrogen) atoms. The Balaban J connectivity index is 1.35. The van der Waals surface area contributed by atoms with E-state index >= 15 is 0 Å². The summed E-state index contributed by atoms with van der Waals surface area (Å²) in [6, 6.07) is 46.9. The van der Waals surface area contributed by atoms with Crippen LogP contribution in [0.2, 0.25) is 0 Å². The molecule has 9 aromatic rings. The third-order valence-corrected chi connectivity index (χ3v) is 8.13. The minimum atomic E-state index is 0.586. The van der Waals surface area contributed by atoms with Gasteiger partial charge in [0.2, 0.25) is 0 Å². The molecule has 0 amide bonds. The number of hydrogen-bond acceptors (Lipinski definition) is 5. The molecule has 3 aromatic heterocycles. The summed E-state index contributed by atoms with van der Waals surface area (Å²) >= 11 is 0. The molecule has 6 aromatic carbocycles. The number of nitrogens with zero attached hydrogens (tertiary/aromatic N) is 3. The highest BCUT2D eigenvalue weighted by Gasteiger charge is 2.20. The second kappa shape index (κ2) is 9.75. The fraction of sp³-hybridized carbons (Fsp3) is 0. The monoisotopic (exact) mass is 565 g/mol. The van der Waals surface area contributed by atoms with Crippen molar-refractivity contribution < 1.29 is 8.83 Å². The van der Waals surface area contributed by atoms with Crippen LogP contribution in [-0.4, -0.2) is 15.0 Å². The van der Waals surface area contributed by atoms with Crippen LogP contribution in [0.25, 0.3) is 89.2 Å². The fourth-order valence-electron chi connectivity index (χ4n) is 6.09. The number of fused-ring (bicyclic) bond motifs is 6. The fourth-order valence-corrected chi connectivity index (χ4v) is 6.09. The van der Waals surface area contributed by atoms with Gasteiger partial charge in [-0.15, -0.1) is 0 Å². The van der Waals surface area contributed by atoms with Crippen LogP contribution >= 0.6 is 0 Å². The second-order valence-electron chi connectivity index (χ2n) is 10.8. The Morgan fingerprint density at radius 1 is 0.364 bits per heavy atom. The van der Waals surface area contributed by atoms with Crippen molar-refractivity contribution in [3.05, 3.63) is 140 Å². The van der Waals surface area contributed by atoms with Gasteiger partial charge in [0.05, 0.1) is 0 Å². The molecule has 0 saturated heterocycles. The minimum absolute atomic E-state index is 0.586. The first kappa shape index (κ1) is 24.5.